The van der Waals surface area contributed by atoms with E-state index in [4.69, 9.17) is 9.57 Å². The van der Waals surface area contributed by atoms with Crippen LogP contribution in [0.25, 0.3) is 10.9 Å². The first-order valence-electron chi connectivity index (χ1n) is 8.27. The lowest BCUT2D eigenvalue weighted by Gasteiger charge is -2.13. The van der Waals surface area contributed by atoms with Gasteiger partial charge >= 0.3 is 0 Å². The van der Waals surface area contributed by atoms with Crippen molar-refractivity contribution in [1.29, 1.82) is 0 Å². The lowest BCUT2D eigenvalue weighted by atomic mass is 9.94. The summed E-state index contributed by atoms with van der Waals surface area (Å²) >= 11 is 0. The van der Waals surface area contributed by atoms with Gasteiger partial charge in [0.2, 0.25) is 0 Å². The van der Waals surface area contributed by atoms with E-state index in [0.717, 1.165) is 42.0 Å². The zero-order chi connectivity index (χ0) is 16.4. The predicted octanol–water partition coefficient (Wildman–Crippen LogP) is 4.43. The van der Waals surface area contributed by atoms with E-state index in [0.29, 0.717) is 6.61 Å². The van der Waals surface area contributed by atoms with Crippen LogP contribution in [0.2, 0.25) is 0 Å². The number of oxime groups is 1. The molecule has 0 radical (unpaired) electrons. The number of rotatable bonds is 4. The molecule has 4 rings (SSSR count). The Morgan fingerprint density at radius 2 is 1.88 bits per heavy atom. The molecule has 0 fully saturated rings. The minimum Gasteiger partial charge on any atom is -0.497 e. The van der Waals surface area contributed by atoms with E-state index in [9.17, 15) is 0 Å². The summed E-state index contributed by atoms with van der Waals surface area (Å²) in [5.74, 6) is 0.847. The van der Waals surface area contributed by atoms with Gasteiger partial charge in [0, 0.05) is 10.9 Å². The lowest BCUT2D eigenvalue weighted by molar-refractivity contribution is 0.130. The zero-order valence-corrected chi connectivity index (χ0v) is 13.7. The summed E-state index contributed by atoms with van der Waals surface area (Å²) < 4.78 is 5.16. The first-order chi connectivity index (χ1) is 11.8. The molecule has 0 saturated carbocycles. The van der Waals surface area contributed by atoms with E-state index in [1.807, 2.05) is 24.3 Å². The van der Waals surface area contributed by atoms with Crippen LogP contribution < -0.4 is 4.74 Å². The van der Waals surface area contributed by atoms with Gasteiger partial charge in [-0.25, -0.2) is 0 Å². The highest BCUT2D eigenvalue weighted by Gasteiger charge is 2.20. The van der Waals surface area contributed by atoms with Crippen molar-refractivity contribution in [3.05, 3.63) is 65.4 Å². The minimum atomic E-state index is 0.461. The van der Waals surface area contributed by atoms with Gasteiger partial charge in [-0.05, 0) is 48.6 Å². The van der Waals surface area contributed by atoms with Crippen molar-refractivity contribution in [2.24, 2.45) is 5.16 Å². The highest BCUT2D eigenvalue weighted by molar-refractivity contribution is 6.06. The molecule has 1 heterocycles. The Labute approximate surface area is 141 Å². The van der Waals surface area contributed by atoms with E-state index in [1.54, 1.807) is 7.11 Å². The second-order valence-corrected chi connectivity index (χ2v) is 6.04. The smallest absolute Gasteiger partial charge is 0.142 e. The zero-order valence-electron chi connectivity index (χ0n) is 13.7. The van der Waals surface area contributed by atoms with Crippen LogP contribution in [0.5, 0.6) is 5.75 Å². The summed E-state index contributed by atoms with van der Waals surface area (Å²) in [4.78, 5) is 9.12. The molecular formula is C20H20N2O2. The summed E-state index contributed by atoms with van der Waals surface area (Å²) in [7, 11) is 1.67. The number of aromatic nitrogens is 1. The first kappa shape index (κ1) is 14.8. The van der Waals surface area contributed by atoms with Crippen LogP contribution in [0.4, 0.5) is 0 Å². The molecular weight excluding hydrogens is 300 g/mol. The average molecular weight is 320 g/mol. The van der Waals surface area contributed by atoms with Crippen molar-refractivity contribution in [1.82, 2.24) is 4.98 Å². The maximum atomic E-state index is 5.61. The summed E-state index contributed by atoms with van der Waals surface area (Å²) in [5, 5.41) is 5.71. The second kappa shape index (κ2) is 6.40. The number of aromatic amines is 1. The van der Waals surface area contributed by atoms with Gasteiger partial charge in [-0.3, -0.25) is 0 Å². The molecule has 0 bridgehead atoms. The van der Waals surface area contributed by atoms with Gasteiger partial charge in [-0.1, -0.05) is 35.5 Å². The standard InChI is InChI=1S/C20H20N2O2/c1-23-15-11-9-14(10-12-15)13-24-22-19-8-4-6-17-16-5-2-3-7-18(16)21-20(17)19/h2-3,5,7,9-12,21H,4,6,8,13H2,1H3/b22-19+. The van der Waals surface area contributed by atoms with Crippen molar-refractivity contribution >= 4 is 16.6 Å². The largest absolute Gasteiger partial charge is 0.497 e. The first-order valence-corrected chi connectivity index (χ1v) is 8.27. The highest BCUT2D eigenvalue weighted by Crippen LogP contribution is 2.29. The van der Waals surface area contributed by atoms with Gasteiger partial charge in [-0.2, -0.15) is 0 Å². The molecule has 0 unspecified atom stereocenters. The number of benzene rings is 2. The van der Waals surface area contributed by atoms with Gasteiger partial charge in [0.15, 0.2) is 0 Å². The van der Waals surface area contributed by atoms with Crippen LogP contribution in [0, 0.1) is 0 Å². The van der Waals surface area contributed by atoms with Gasteiger partial charge in [0.25, 0.3) is 0 Å². The Kier molecular flexibility index (Phi) is 3.95. The molecule has 2 aromatic carbocycles. The van der Waals surface area contributed by atoms with Crippen molar-refractivity contribution in [3.63, 3.8) is 0 Å². The number of hydrogen-bond acceptors (Lipinski definition) is 3. The van der Waals surface area contributed by atoms with E-state index >= 15 is 0 Å². The molecule has 1 N–H and O–H groups in total. The molecule has 0 saturated heterocycles. The Morgan fingerprint density at radius 1 is 1.04 bits per heavy atom. The fraction of sp³-hybridized carbons (Fsp3) is 0.250. The molecule has 4 nitrogen and oxygen atoms in total. The van der Waals surface area contributed by atoms with Gasteiger partial charge < -0.3 is 14.6 Å². The molecule has 1 aliphatic rings. The molecule has 0 amide bonds. The predicted molar refractivity (Wildman–Crippen MR) is 95.6 cm³/mol. The Balaban J connectivity index is 1.53. The summed E-state index contributed by atoms with van der Waals surface area (Å²) in [6.07, 6.45) is 3.15. The molecule has 3 aromatic rings. The van der Waals surface area contributed by atoms with Crippen LogP contribution >= 0.6 is 0 Å². The number of fused-ring (bicyclic) bond motifs is 3. The molecule has 4 heteroatoms. The SMILES string of the molecule is COc1ccc(CO/N=C2\CCCc3c2[nH]c2ccccc32)cc1. The molecule has 24 heavy (non-hydrogen) atoms. The molecule has 122 valence electrons. The van der Waals surface area contributed by atoms with Crippen molar-refractivity contribution < 1.29 is 9.57 Å². The molecule has 0 atom stereocenters. The van der Waals surface area contributed by atoms with E-state index in [1.165, 1.54) is 16.5 Å². The summed E-state index contributed by atoms with van der Waals surface area (Å²) in [6, 6.07) is 16.3. The third-order valence-electron chi connectivity index (χ3n) is 4.51. The number of methoxy groups -OCH3 is 1. The number of H-pyrrole nitrogens is 1. The van der Waals surface area contributed by atoms with Crippen molar-refractivity contribution in [2.75, 3.05) is 7.11 Å². The van der Waals surface area contributed by atoms with Crippen LogP contribution in [-0.4, -0.2) is 17.8 Å². The third kappa shape index (κ3) is 2.75. The quantitative estimate of drug-likeness (QED) is 0.723. The molecule has 0 aliphatic heterocycles. The minimum absolute atomic E-state index is 0.461. The Morgan fingerprint density at radius 3 is 2.71 bits per heavy atom. The van der Waals surface area contributed by atoms with E-state index < -0.39 is 0 Å². The fourth-order valence-electron chi connectivity index (χ4n) is 3.26. The van der Waals surface area contributed by atoms with Gasteiger partial charge in [0.1, 0.15) is 18.1 Å². The molecule has 1 aliphatic carbocycles. The highest BCUT2D eigenvalue weighted by atomic mass is 16.6. The summed E-state index contributed by atoms with van der Waals surface area (Å²) in [6.45, 7) is 0.461. The molecule has 0 spiro atoms. The number of para-hydroxylation sites is 1. The molecule has 1 aromatic heterocycles. The maximum Gasteiger partial charge on any atom is 0.142 e. The Hall–Kier alpha value is -2.75. The number of nitrogens with one attached hydrogen (secondary N) is 1. The number of ether oxygens (including phenoxy) is 1. The normalized spacial score (nSPS) is 15.5. The maximum absolute atomic E-state index is 5.61. The monoisotopic (exact) mass is 320 g/mol. The van der Waals surface area contributed by atoms with Crippen molar-refractivity contribution in [2.45, 2.75) is 25.9 Å². The topological polar surface area (TPSA) is 46.6 Å². The number of nitrogens with zero attached hydrogens (tertiary/aromatic N) is 1. The lowest BCUT2D eigenvalue weighted by Crippen LogP contribution is -2.11. The van der Waals surface area contributed by atoms with E-state index in [-0.39, 0.29) is 0 Å². The third-order valence-corrected chi connectivity index (χ3v) is 4.51. The van der Waals surface area contributed by atoms with Gasteiger partial charge in [-0.15, -0.1) is 0 Å². The van der Waals surface area contributed by atoms with Gasteiger partial charge in [0.05, 0.1) is 12.8 Å². The van der Waals surface area contributed by atoms with Crippen LogP contribution in [-0.2, 0) is 17.9 Å². The number of aryl methyl sites for hydroxylation is 1. The average Bonchev–Trinajstić information content (AvgIpc) is 3.02. The fourth-order valence-corrected chi connectivity index (χ4v) is 3.26. The van der Waals surface area contributed by atoms with Crippen molar-refractivity contribution in [3.8, 4) is 5.75 Å². The van der Waals surface area contributed by atoms with Crippen LogP contribution in [0.15, 0.2) is 53.7 Å². The number of hydrogen-bond donors (Lipinski definition) is 1. The van der Waals surface area contributed by atoms with Crippen LogP contribution in [0.1, 0.15) is 29.7 Å². The van der Waals surface area contributed by atoms with E-state index in [2.05, 4.69) is 34.4 Å². The summed E-state index contributed by atoms with van der Waals surface area (Å²) in [5.41, 5.74) is 5.77. The van der Waals surface area contributed by atoms with Crippen LogP contribution in [0.3, 0.4) is 0 Å². The Bertz CT molecular complexity index is 878. The second-order valence-electron chi connectivity index (χ2n) is 6.04.